The van der Waals surface area contributed by atoms with Gasteiger partial charge in [-0.1, -0.05) is 25.7 Å². The SMILES string of the molecule is CC(CC1CCCC1)NC(C)CS(C)=O. The van der Waals surface area contributed by atoms with Gasteiger partial charge < -0.3 is 5.32 Å². The molecule has 15 heavy (non-hydrogen) atoms. The first-order valence-corrected chi connectivity index (χ1v) is 7.86. The Morgan fingerprint density at radius 3 is 2.40 bits per heavy atom. The molecular weight excluding hydrogens is 206 g/mol. The van der Waals surface area contributed by atoms with E-state index in [2.05, 4.69) is 19.2 Å². The van der Waals surface area contributed by atoms with Gasteiger partial charge in [0.15, 0.2) is 0 Å². The third-order valence-electron chi connectivity index (χ3n) is 3.22. The van der Waals surface area contributed by atoms with Crippen LogP contribution in [0.25, 0.3) is 0 Å². The normalized spacial score (nSPS) is 23.9. The van der Waals surface area contributed by atoms with Crippen molar-refractivity contribution in [2.24, 2.45) is 5.92 Å². The minimum atomic E-state index is -0.679. The Kier molecular flexibility index (Phi) is 5.83. The summed E-state index contributed by atoms with van der Waals surface area (Å²) in [5.74, 6) is 1.71. The fourth-order valence-electron chi connectivity index (χ4n) is 2.70. The Morgan fingerprint density at radius 1 is 1.27 bits per heavy atom. The second-order valence-corrected chi connectivity index (χ2v) is 6.57. The molecule has 0 heterocycles. The van der Waals surface area contributed by atoms with Crippen LogP contribution in [0.2, 0.25) is 0 Å². The van der Waals surface area contributed by atoms with Gasteiger partial charge >= 0.3 is 0 Å². The van der Waals surface area contributed by atoms with Crippen LogP contribution in [0, 0.1) is 5.92 Å². The molecule has 0 saturated heterocycles. The maximum absolute atomic E-state index is 11.1. The fourth-order valence-corrected chi connectivity index (χ4v) is 3.50. The summed E-state index contributed by atoms with van der Waals surface area (Å²) >= 11 is 0. The van der Waals surface area contributed by atoms with Gasteiger partial charge in [-0.15, -0.1) is 0 Å². The predicted molar refractivity (Wildman–Crippen MR) is 67.6 cm³/mol. The van der Waals surface area contributed by atoms with Gasteiger partial charge in [-0.05, 0) is 26.2 Å². The molecule has 0 amide bonds. The standard InChI is InChI=1S/C12H25NOS/c1-10(8-12-6-4-5-7-12)13-11(2)9-15(3)14/h10-13H,4-9H2,1-3H3. The molecule has 2 nitrogen and oxygen atoms in total. The zero-order valence-electron chi connectivity index (χ0n) is 10.3. The molecule has 3 atom stereocenters. The Labute approximate surface area is 96.7 Å². The lowest BCUT2D eigenvalue weighted by Crippen LogP contribution is -2.38. The average Bonchev–Trinajstić information content (AvgIpc) is 2.53. The largest absolute Gasteiger partial charge is 0.311 e. The van der Waals surface area contributed by atoms with E-state index in [-0.39, 0.29) is 0 Å². The van der Waals surface area contributed by atoms with Gasteiger partial charge in [-0.2, -0.15) is 0 Å². The van der Waals surface area contributed by atoms with Crippen LogP contribution in [0.3, 0.4) is 0 Å². The molecule has 1 fully saturated rings. The van der Waals surface area contributed by atoms with Gasteiger partial charge in [-0.25, -0.2) is 0 Å². The molecule has 1 aliphatic carbocycles. The molecule has 3 heteroatoms. The minimum absolute atomic E-state index is 0.382. The van der Waals surface area contributed by atoms with Crippen molar-refractivity contribution < 1.29 is 4.21 Å². The first-order chi connectivity index (χ1) is 7.08. The second kappa shape index (κ2) is 6.64. The van der Waals surface area contributed by atoms with Crippen molar-refractivity contribution in [1.29, 1.82) is 0 Å². The quantitative estimate of drug-likeness (QED) is 0.760. The Hall–Kier alpha value is 0.110. The maximum atomic E-state index is 11.1. The molecule has 1 aliphatic rings. The van der Waals surface area contributed by atoms with Gasteiger partial charge in [0.1, 0.15) is 0 Å². The molecule has 0 aromatic carbocycles. The molecule has 0 aromatic rings. The molecule has 0 aliphatic heterocycles. The summed E-state index contributed by atoms with van der Waals surface area (Å²) in [6.07, 6.45) is 8.75. The van der Waals surface area contributed by atoms with Crippen molar-refractivity contribution in [2.45, 2.75) is 58.0 Å². The van der Waals surface area contributed by atoms with Crippen LogP contribution in [0.1, 0.15) is 46.0 Å². The predicted octanol–water partition coefficient (Wildman–Crippen LogP) is 2.31. The number of nitrogens with one attached hydrogen (secondary N) is 1. The molecule has 90 valence electrons. The molecule has 1 N–H and O–H groups in total. The van der Waals surface area contributed by atoms with Crippen molar-refractivity contribution >= 4 is 10.8 Å². The van der Waals surface area contributed by atoms with E-state index in [9.17, 15) is 4.21 Å². The highest BCUT2D eigenvalue weighted by Gasteiger charge is 2.18. The van der Waals surface area contributed by atoms with Crippen molar-refractivity contribution in [3.05, 3.63) is 0 Å². The number of rotatable bonds is 6. The van der Waals surface area contributed by atoms with Gasteiger partial charge in [0, 0.05) is 34.9 Å². The van der Waals surface area contributed by atoms with Crippen LogP contribution in [-0.4, -0.2) is 28.3 Å². The molecule has 1 rings (SSSR count). The Balaban J connectivity index is 2.16. The highest BCUT2D eigenvalue weighted by molar-refractivity contribution is 7.84. The third kappa shape index (κ3) is 5.67. The molecule has 0 spiro atoms. The van der Waals surface area contributed by atoms with Crippen molar-refractivity contribution in [3.8, 4) is 0 Å². The zero-order chi connectivity index (χ0) is 11.3. The summed E-state index contributed by atoms with van der Waals surface area (Å²) in [5, 5.41) is 3.55. The molecule has 0 bridgehead atoms. The van der Waals surface area contributed by atoms with Crippen molar-refractivity contribution in [2.75, 3.05) is 12.0 Å². The van der Waals surface area contributed by atoms with E-state index in [0.717, 1.165) is 11.7 Å². The Bertz CT molecular complexity index is 202. The lowest BCUT2D eigenvalue weighted by atomic mass is 9.99. The van der Waals surface area contributed by atoms with E-state index in [4.69, 9.17) is 0 Å². The van der Waals surface area contributed by atoms with E-state index in [0.29, 0.717) is 12.1 Å². The fraction of sp³-hybridized carbons (Fsp3) is 1.00. The minimum Gasteiger partial charge on any atom is -0.311 e. The maximum Gasteiger partial charge on any atom is 0.0383 e. The summed E-state index contributed by atoms with van der Waals surface area (Å²) in [7, 11) is -0.679. The second-order valence-electron chi connectivity index (χ2n) is 5.09. The van der Waals surface area contributed by atoms with E-state index < -0.39 is 10.8 Å². The molecular formula is C12H25NOS. The summed E-state index contributed by atoms with van der Waals surface area (Å²) in [6.45, 7) is 4.39. The highest BCUT2D eigenvalue weighted by atomic mass is 32.2. The molecule has 1 saturated carbocycles. The van der Waals surface area contributed by atoms with E-state index in [1.165, 1.54) is 32.1 Å². The van der Waals surface area contributed by atoms with Crippen molar-refractivity contribution in [1.82, 2.24) is 5.32 Å². The molecule has 3 unspecified atom stereocenters. The van der Waals surface area contributed by atoms with Gasteiger partial charge in [0.2, 0.25) is 0 Å². The molecule has 0 aromatic heterocycles. The lowest BCUT2D eigenvalue weighted by molar-refractivity contribution is 0.385. The van der Waals surface area contributed by atoms with Gasteiger partial charge in [0.05, 0.1) is 0 Å². The third-order valence-corrected chi connectivity index (χ3v) is 4.18. The topological polar surface area (TPSA) is 29.1 Å². The van der Waals surface area contributed by atoms with Gasteiger partial charge in [-0.3, -0.25) is 4.21 Å². The zero-order valence-corrected chi connectivity index (χ0v) is 11.1. The smallest absolute Gasteiger partial charge is 0.0383 e. The van der Waals surface area contributed by atoms with Crippen LogP contribution in [0.5, 0.6) is 0 Å². The van der Waals surface area contributed by atoms with E-state index in [1.54, 1.807) is 6.26 Å². The number of hydrogen-bond donors (Lipinski definition) is 1. The van der Waals surface area contributed by atoms with Crippen LogP contribution in [0.4, 0.5) is 0 Å². The van der Waals surface area contributed by atoms with Crippen LogP contribution >= 0.6 is 0 Å². The average molecular weight is 231 g/mol. The van der Waals surface area contributed by atoms with Gasteiger partial charge in [0.25, 0.3) is 0 Å². The summed E-state index contributed by atoms with van der Waals surface area (Å²) in [4.78, 5) is 0. The number of hydrogen-bond acceptors (Lipinski definition) is 2. The monoisotopic (exact) mass is 231 g/mol. The van der Waals surface area contributed by atoms with Crippen molar-refractivity contribution in [3.63, 3.8) is 0 Å². The summed E-state index contributed by atoms with van der Waals surface area (Å²) in [6, 6.07) is 0.957. The van der Waals surface area contributed by atoms with E-state index >= 15 is 0 Å². The first kappa shape index (κ1) is 13.2. The molecule has 0 radical (unpaired) electrons. The van der Waals surface area contributed by atoms with Crippen LogP contribution in [0.15, 0.2) is 0 Å². The van der Waals surface area contributed by atoms with E-state index in [1.807, 2.05) is 0 Å². The van der Waals surface area contributed by atoms with Crippen LogP contribution < -0.4 is 5.32 Å². The highest BCUT2D eigenvalue weighted by Crippen LogP contribution is 2.28. The lowest BCUT2D eigenvalue weighted by Gasteiger charge is -2.21. The summed E-state index contributed by atoms with van der Waals surface area (Å²) in [5.41, 5.74) is 0. The van der Waals surface area contributed by atoms with Crippen LogP contribution in [-0.2, 0) is 10.8 Å². The first-order valence-electron chi connectivity index (χ1n) is 6.14. The Morgan fingerprint density at radius 2 is 1.87 bits per heavy atom. The summed E-state index contributed by atoms with van der Waals surface area (Å²) < 4.78 is 11.1.